The van der Waals surface area contributed by atoms with Gasteiger partial charge in [0.25, 0.3) is 0 Å². The minimum absolute atomic E-state index is 0.350. The van der Waals surface area contributed by atoms with E-state index in [4.69, 9.17) is 5.11 Å². The van der Waals surface area contributed by atoms with Gasteiger partial charge >= 0.3 is 5.97 Å². The minimum Gasteiger partial charge on any atom is -0.478 e. The van der Waals surface area contributed by atoms with Crippen molar-refractivity contribution in [2.75, 3.05) is 5.33 Å². The van der Waals surface area contributed by atoms with Crippen LogP contribution in [0.5, 0.6) is 0 Å². The molecule has 0 saturated carbocycles. The third-order valence-corrected chi connectivity index (χ3v) is 3.22. The molecule has 0 saturated heterocycles. The molecule has 0 bridgehead atoms. The van der Waals surface area contributed by atoms with Gasteiger partial charge in [0, 0.05) is 5.33 Å². The van der Waals surface area contributed by atoms with Crippen LogP contribution >= 0.6 is 15.9 Å². The molecule has 0 spiro atoms. The van der Waals surface area contributed by atoms with Gasteiger partial charge in [-0.05, 0) is 28.8 Å². The summed E-state index contributed by atoms with van der Waals surface area (Å²) in [6.45, 7) is 0. The first-order valence-electron chi connectivity index (χ1n) is 5.71. The lowest BCUT2D eigenvalue weighted by atomic mass is 10.00. The number of rotatable bonds is 4. The molecule has 0 atom stereocenters. The molecular formula is C15H13BrO2. The van der Waals surface area contributed by atoms with Crippen molar-refractivity contribution < 1.29 is 9.90 Å². The van der Waals surface area contributed by atoms with Crippen molar-refractivity contribution in [3.05, 3.63) is 53.6 Å². The Bertz CT molecular complexity index is 602. The third-order valence-electron chi connectivity index (χ3n) is 2.76. The monoisotopic (exact) mass is 304 g/mol. The Morgan fingerprint density at radius 1 is 1.17 bits per heavy atom. The number of hydrogen-bond donors (Lipinski definition) is 1. The summed E-state index contributed by atoms with van der Waals surface area (Å²) in [6.07, 6.45) is 5.07. The van der Waals surface area contributed by atoms with E-state index in [9.17, 15) is 4.79 Å². The quantitative estimate of drug-likeness (QED) is 0.853. The van der Waals surface area contributed by atoms with Gasteiger partial charge < -0.3 is 5.11 Å². The number of carboxylic acids is 1. The van der Waals surface area contributed by atoms with Gasteiger partial charge in [0.15, 0.2) is 0 Å². The second-order valence-corrected chi connectivity index (χ2v) is 4.73. The molecule has 0 aromatic heterocycles. The largest absolute Gasteiger partial charge is 0.478 e. The molecule has 0 amide bonds. The maximum absolute atomic E-state index is 11.2. The Labute approximate surface area is 114 Å². The third kappa shape index (κ3) is 2.62. The van der Waals surface area contributed by atoms with Gasteiger partial charge in [-0.2, -0.15) is 0 Å². The van der Waals surface area contributed by atoms with Crippen LogP contribution in [0.15, 0.2) is 42.5 Å². The molecule has 2 aromatic carbocycles. The van der Waals surface area contributed by atoms with Gasteiger partial charge in [-0.15, -0.1) is 0 Å². The summed E-state index contributed by atoms with van der Waals surface area (Å²) in [5.41, 5.74) is 1.40. The lowest BCUT2D eigenvalue weighted by molar-refractivity contribution is 0.0699. The maximum Gasteiger partial charge on any atom is 0.336 e. The first kappa shape index (κ1) is 12.8. The summed E-state index contributed by atoms with van der Waals surface area (Å²) in [4.78, 5) is 11.2. The van der Waals surface area contributed by atoms with Crippen molar-refractivity contribution in [2.24, 2.45) is 0 Å². The molecule has 18 heavy (non-hydrogen) atoms. The Kier molecular flexibility index (Phi) is 4.15. The highest BCUT2D eigenvalue weighted by Crippen LogP contribution is 2.23. The van der Waals surface area contributed by atoms with Crippen LogP contribution in [0.2, 0.25) is 0 Å². The summed E-state index contributed by atoms with van der Waals surface area (Å²) >= 11 is 3.37. The molecule has 0 radical (unpaired) electrons. The number of allylic oxidation sites excluding steroid dienone is 1. The molecule has 92 valence electrons. The predicted molar refractivity (Wildman–Crippen MR) is 78.4 cm³/mol. The zero-order valence-corrected chi connectivity index (χ0v) is 11.4. The Morgan fingerprint density at radius 2 is 1.89 bits per heavy atom. The van der Waals surface area contributed by atoms with Gasteiger partial charge in [-0.1, -0.05) is 58.4 Å². The molecule has 0 aliphatic heterocycles. The van der Waals surface area contributed by atoms with Crippen LogP contribution in [0, 0.1) is 0 Å². The molecule has 0 unspecified atom stereocenters. The van der Waals surface area contributed by atoms with Gasteiger partial charge in [-0.25, -0.2) is 4.79 Å². The molecule has 1 N–H and O–H groups in total. The molecule has 0 heterocycles. The number of carbonyl (C=O) groups is 1. The summed E-state index contributed by atoms with van der Waals surface area (Å²) in [5.74, 6) is -0.887. The Balaban J connectivity index is 2.56. The van der Waals surface area contributed by atoms with E-state index in [1.807, 2.05) is 30.3 Å². The topological polar surface area (TPSA) is 37.3 Å². The van der Waals surface area contributed by atoms with E-state index in [1.54, 1.807) is 12.1 Å². The minimum atomic E-state index is -0.887. The highest BCUT2D eigenvalue weighted by Gasteiger charge is 2.08. The summed E-state index contributed by atoms with van der Waals surface area (Å²) in [6, 6.07) is 11.1. The zero-order valence-electron chi connectivity index (χ0n) is 9.77. The van der Waals surface area contributed by atoms with Crippen LogP contribution in [-0.4, -0.2) is 16.4 Å². The molecule has 0 fully saturated rings. The summed E-state index contributed by atoms with van der Waals surface area (Å²) in [5, 5.41) is 11.8. The lowest BCUT2D eigenvalue weighted by Gasteiger charge is -2.05. The van der Waals surface area contributed by atoms with Crippen LogP contribution in [0.25, 0.3) is 16.8 Å². The van der Waals surface area contributed by atoms with Crippen molar-refractivity contribution in [2.45, 2.75) is 6.42 Å². The van der Waals surface area contributed by atoms with Crippen molar-refractivity contribution >= 4 is 38.7 Å². The summed E-state index contributed by atoms with van der Waals surface area (Å²) < 4.78 is 0. The van der Waals surface area contributed by atoms with E-state index in [-0.39, 0.29) is 0 Å². The number of hydrogen-bond acceptors (Lipinski definition) is 1. The lowest BCUT2D eigenvalue weighted by Crippen LogP contribution is -1.97. The zero-order chi connectivity index (χ0) is 13.0. The van der Waals surface area contributed by atoms with E-state index in [1.165, 1.54) is 0 Å². The summed E-state index contributed by atoms with van der Waals surface area (Å²) in [7, 11) is 0. The second kappa shape index (κ2) is 5.83. The average Bonchev–Trinajstić information content (AvgIpc) is 2.38. The molecule has 2 aromatic rings. The van der Waals surface area contributed by atoms with Crippen LogP contribution in [0.4, 0.5) is 0 Å². The van der Waals surface area contributed by atoms with Gasteiger partial charge in [0.1, 0.15) is 0 Å². The highest BCUT2D eigenvalue weighted by molar-refractivity contribution is 9.09. The van der Waals surface area contributed by atoms with Gasteiger partial charge in [0.2, 0.25) is 0 Å². The molecule has 3 heteroatoms. The van der Waals surface area contributed by atoms with Gasteiger partial charge in [0.05, 0.1) is 5.56 Å². The van der Waals surface area contributed by atoms with Crippen molar-refractivity contribution in [1.29, 1.82) is 0 Å². The number of halogens is 1. The normalized spacial score (nSPS) is 11.2. The van der Waals surface area contributed by atoms with Gasteiger partial charge in [-0.3, -0.25) is 0 Å². The number of alkyl halides is 1. The van der Waals surface area contributed by atoms with Crippen LogP contribution in [-0.2, 0) is 0 Å². The van der Waals surface area contributed by atoms with E-state index in [0.29, 0.717) is 5.56 Å². The maximum atomic E-state index is 11.2. The van der Waals surface area contributed by atoms with E-state index >= 15 is 0 Å². The molecule has 2 rings (SSSR count). The molecule has 0 aliphatic carbocycles. The number of benzene rings is 2. The predicted octanol–water partition coefficient (Wildman–Crippen LogP) is 4.34. The van der Waals surface area contributed by atoms with E-state index < -0.39 is 5.97 Å². The average molecular weight is 305 g/mol. The SMILES string of the molecule is O=C(O)c1cccc2c(C=CCCBr)cccc12. The first-order chi connectivity index (χ1) is 8.74. The van der Waals surface area contributed by atoms with Crippen LogP contribution in [0.1, 0.15) is 22.3 Å². The number of aromatic carboxylic acids is 1. The highest BCUT2D eigenvalue weighted by atomic mass is 79.9. The van der Waals surface area contributed by atoms with Crippen LogP contribution in [0.3, 0.4) is 0 Å². The molecule has 2 nitrogen and oxygen atoms in total. The molecular weight excluding hydrogens is 292 g/mol. The van der Waals surface area contributed by atoms with Crippen molar-refractivity contribution in [1.82, 2.24) is 0 Å². The van der Waals surface area contributed by atoms with Crippen molar-refractivity contribution in [3.8, 4) is 0 Å². The number of carboxylic acid groups (broad SMARTS) is 1. The standard InChI is InChI=1S/C15H13BrO2/c16-10-2-1-5-11-6-3-8-13-12(11)7-4-9-14(13)15(17)18/h1,3-9H,2,10H2,(H,17,18). The van der Waals surface area contributed by atoms with Crippen LogP contribution < -0.4 is 0 Å². The van der Waals surface area contributed by atoms with E-state index in [0.717, 1.165) is 28.1 Å². The number of fused-ring (bicyclic) bond motifs is 1. The molecule has 0 aliphatic rings. The second-order valence-electron chi connectivity index (χ2n) is 3.93. The van der Waals surface area contributed by atoms with E-state index in [2.05, 4.69) is 22.0 Å². The fraction of sp³-hybridized carbons (Fsp3) is 0.133. The first-order valence-corrected chi connectivity index (χ1v) is 6.83. The van der Waals surface area contributed by atoms with Crippen molar-refractivity contribution in [3.63, 3.8) is 0 Å². The fourth-order valence-electron chi connectivity index (χ4n) is 1.94. The smallest absolute Gasteiger partial charge is 0.336 e. The Morgan fingerprint density at radius 3 is 2.61 bits per heavy atom. The Hall–Kier alpha value is -1.61. The fourth-order valence-corrected chi connectivity index (χ4v) is 2.20.